The van der Waals surface area contributed by atoms with Gasteiger partial charge in [0.05, 0.1) is 5.60 Å². The normalized spacial score (nSPS) is 23.0. The van der Waals surface area contributed by atoms with Crippen molar-refractivity contribution < 1.29 is 28.5 Å². The predicted molar refractivity (Wildman–Crippen MR) is 93.9 cm³/mol. The molecule has 0 spiro atoms. The molecule has 0 aliphatic carbocycles. The largest absolute Gasteiger partial charge is 0.459 e. The van der Waals surface area contributed by atoms with Gasteiger partial charge in [-0.15, -0.1) is 0 Å². The summed E-state index contributed by atoms with van der Waals surface area (Å²) >= 11 is 0. The third kappa shape index (κ3) is 5.17. The maximum Gasteiger partial charge on any atom is 0.327 e. The van der Waals surface area contributed by atoms with E-state index in [0.29, 0.717) is 13.0 Å². The van der Waals surface area contributed by atoms with Crippen molar-refractivity contribution in [1.29, 1.82) is 0 Å². The van der Waals surface area contributed by atoms with Crippen LogP contribution in [0, 0.1) is 5.41 Å². The van der Waals surface area contributed by atoms with Gasteiger partial charge < -0.3 is 18.9 Å². The summed E-state index contributed by atoms with van der Waals surface area (Å²) in [5.41, 5.74) is -4.12. The molecule has 0 bridgehead atoms. The summed E-state index contributed by atoms with van der Waals surface area (Å²) < 4.78 is 22.7. The molecule has 0 aromatic heterocycles. The molecule has 1 rings (SSSR count). The standard InChI is InChI=1S/C19H34O6/c1-10-22-13-11-12-19(18(8,9)23-13,14(20)24-16(2,3)4)15(21)25-17(5,6)7/h13H,10-12H2,1-9H3. The molecule has 146 valence electrons. The molecule has 0 N–H and O–H groups in total. The van der Waals surface area contributed by atoms with Crippen LogP contribution in [0.15, 0.2) is 0 Å². The molecule has 0 radical (unpaired) electrons. The number of hydrogen-bond donors (Lipinski definition) is 0. The molecule has 1 unspecified atom stereocenters. The Balaban J connectivity index is 3.29. The molecule has 1 aliphatic rings. The van der Waals surface area contributed by atoms with E-state index < -0.39 is 40.4 Å². The van der Waals surface area contributed by atoms with Gasteiger partial charge in [0.1, 0.15) is 11.2 Å². The lowest BCUT2D eigenvalue weighted by Crippen LogP contribution is -2.63. The van der Waals surface area contributed by atoms with Gasteiger partial charge in [0.25, 0.3) is 0 Å². The average molecular weight is 358 g/mol. The second-order valence-corrected chi connectivity index (χ2v) is 8.96. The van der Waals surface area contributed by atoms with E-state index in [1.165, 1.54) is 0 Å². The van der Waals surface area contributed by atoms with E-state index in [1.807, 2.05) is 6.92 Å². The first-order valence-electron chi connectivity index (χ1n) is 8.91. The quantitative estimate of drug-likeness (QED) is 0.565. The molecule has 1 fully saturated rings. The minimum atomic E-state index is -1.54. The van der Waals surface area contributed by atoms with Gasteiger partial charge in [0, 0.05) is 13.0 Å². The molecule has 1 aliphatic heterocycles. The highest BCUT2D eigenvalue weighted by molar-refractivity contribution is 6.02. The number of hydrogen-bond acceptors (Lipinski definition) is 6. The molecule has 1 heterocycles. The summed E-state index contributed by atoms with van der Waals surface area (Å²) in [6.07, 6.45) is 0.197. The number of ether oxygens (including phenoxy) is 4. The lowest BCUT2D eigenvalue weighted by atomic mass is 9.68. The molecule has 25 heavy (non-hydrogen) atoms. The molecule has 0 aromatic carbocycles. The van der Waals surface area contributed by atoms with Crippen LogP contribution in [0.1, 0.15) is 75.2 Å². The Morgan fingerprint density at radius 3 is 1.76 bits per heavy atom. The summed E-state index contributed by atoms with van der Waals surface area (Å²) in [6.45, 7) is 16.4. The summed E-state index contributed by atoms with van der Waals surface area (Å²) in [7, 11) is 0. The predicted octanol–water partition coefficient (Wildman–Crippen LogP) is 3.61. The monoisotopic (exact) mass is 358 g/mol. The zero-order valence-electron chi connectivity index (χ0n) is 17.1. The van der Waals surface area contributed by atoms with Crippen molar-refractivity contribution >= 4 is 11.9 Å². The van der Waals surface area contributed by atoms with Gasteiger partial charge in [0.15, 0.2) is 11.7 Å². The van der Waals surface area contributed by atoms with E-state index in [2.05, 4.69) is 0 Å². The number of esters is 2. The van der Waals surface area contributed by atoms with Crippen molar-refractivity contribution in [3.8, 4) is 0 Å². The summed E-state index contributed by atoms with van der Waals surface area (Å²) in [6, 6.07) is 0. The Morgan fingerprint density at radius 1 is 1.00 bits per heavy atom. The first-order valence-corrected chi connectivity index (χ1v) is 8.91. The molecule has 6 nitrogen and oxygen atoms in total. The maximum atomic E-state index is 13.1. The van der Waals surface area contributed by atoms with E-state index in [1.54, 1.807) is 55.4 Å². The van der Waals surface area contributed by atoms with Crippen LogP contribution in [0.5, 0.6) is 0 Å². The van der Waals surface area contributed by atoms with Crippen molar-refractivity contribution in [3.05, 3.63) is 0 Å². The second-order valence-electron chi connectivity index (χ2n) is 8.96. The Labute approximate surface area is 151 Å². The van der Waals surface area contributed by atoms with Crippen LogP contribution in [0.3, 0.4) is 0 Å². The fourth-order valence-electron chi connectivity index (χ4n) is 2.94. The molecular weight excluding hydrogens is 324 g/mol. The number of carbonyl (C=O) groups excluding carboxylic acids is 2. The van der Waals surface area contributed by atoms with Crippen LogP contribution >= 0.6 is 0 Å². The molecular formula is C19H34O6. The maximum absolute atomic E-state index is 13.1. The van der Waals surface area contributed by atoms with Crippen molar-refractivity contribution in [3.63, 3.8) is 0 Å². The number of carbonyl (C=O) groups is 2. The third-order valence-corrected chi connectivity index (χ3v) is 4.06. The lowest BCUT2D eigenvalue weighted by Gasteiger charge is -2.49. The van der Waals surface area contributed by atoms with E-state index in [4.69, 9.17) is 18.9 Å². The van der Waals surface area contributed by atoms with Crippen molar-refractivity contribution in [2.45, 2.75) is 98.2 Å². The van der Waals surface area contributed by atoms with Crippen LogP contribution in [-0.4, -0.2) is 41.6 Å². The second kappa shape index (κ2) is 7.23. The van der Waals surface area contributed by atoms with Crippen molar-refractivity contribution in [2.24, 2.45) is 5.41 Å². The van der Waals surface area contributed by atoms with Gasteiger partial charge in [-0.1, -0.05) is 0 Å². The Kier molecular flexibility index (Phi) is 6.34. The van der Waals surface area contributed by atoms with E-state index >= 15 is 0 Å². The lowest BCUT2D eigenvalue weighted by molar-refractivity contribution is -0.274. The molecule has 6 heteroatoms. The molecule has 0 amide bonds. The fourth-order valence-corrected chi connectivity index (χ4v) is 2.94. The average Bonchev–Trinajstić information content (AvgIpc) is 2.33. The van der Waals surface area contributed by atoms with E-state index in [9.17, 15) is 9.59 Å². The summed E-state index contributed by atoms with van der Waals surface area (Å²) in [5, 5.41) is 0. The third-order valence-electron chi connectivity index (χ3n) is 4.06. The van der Waals surface area contributed by atoms with Crippen molar-refractivity contribution in [2.75, 3.05) is 6.61 Å². The van der Waals surface area contributed by atoms with Gasteiger partial charge in [-0.2, -0.15) is 0 Å². The minimum Gasteiger partial charge on any atom is -0.459 e. The van der Waals surface area contributed by atoms with Gasteiger partial charge in [-0.3, -0.25) is 9.59 Å². The zero-order valence-corrected chi connectivity index (χ0v) is 17.1. The van der Waals surface area contributed by atoms with Crippen LogP contribution in [0.2, 0.25) is 0 Å². The SMILES string of the molecule is CCOC1CCC(C(=O)OC(C)(C)C)(C(=O)OC(C)(C)C)C(C)(C)O1. The van der Waals surface area contributed by atoms with Crippen LogP contribution < -0.4 is 0 Å². The molecule has 1 saturated heterocycles. The van der Waals surface area contributed by atoms with E-state index in [0.717, 1.165) is 0 Å². The van der Waals surface area contributed by atoms with Gasteiger partial charge >= 0.3 is 11.9 Å². The van der Waals surface area contributed by atoms with Crippen molar-refractivity contribution in [1.82, 2.24) is 0 Å². The minimum absolute atomic E-state index is 0.245. The summed E-state index contributed by atoms with van der Waals surface area (Å²) in [4.78, 5) is 26.2. The zero-order chi connectivity index (χ0) is 19.7. The van der Waals surface area contributed by atoms with Crippen LogP contribution in [0.25, 0.3) is 0 Å². The van der Waals surface area contributed by atoms with E-state index in [-0.39, 0.29) is 6.42 Å². The highest BCUT2D eigenvalue weighted by atomic mass is 16.7. The molecule has 0 aromatic rings. The molecule has 1 atom stereocenters. The first kappa shape index (κ1) is 21.9. The smallest absolute Gasteiger partial charge is 0.327 e. The molecule has 0 saturated carbocycles. The Morgan fingerprint density at radius 2 is 1.44 bits per heavy atom. The van der Waals surface area contributed by atoms with Gasteiger partial charge in [0.2, 0.25) is 0 Å². The van der Waals surface area contributed by atoms with Crippen LogP contribution in [-0.2, 0) is 28.5 Å². The van der Waals surface area contributed by atoms with Gasteiger partial charge in [-0.25, -0.2) is 0 Å². The number of rotatable bonds is 4. The summed E-state index contributed by atoms with van der Waals surface area (Å²) in [5.74, 6) is -1.23. The van der Waals surface area contributed by atoms with Gasteiger partial charge in [-0.05, 0) is 68.7 Å². The Bertz CT molecular complexity index is 467. The topological polar surface area (TPSA) is 71.1 Å². The highest BCUT2D eigenvalue weighted by Crippen LogP contribution is 2.48. The highest BCUT2D eigenvalue weighted by Gasteiger charge is 2.64. The Hall–Kier alpha value is -1.14. The first-order chi connectivity index (χ1) is 11.1. The fraction of sp³-hybridized carbons (Fsp3) is 0.895. The van der Waals surface area contributed by atoms with Crippen LogP contribution in [0.4, 0.5) is 0 Å².